The molecule has 0 aromatic heterocycles. The summed E-state index contributed by atoms with van der Waals surface area (Å²) in [6.07, 6.45) is 0.682. The van der Waals surface area contributed by atoms with E-state index in [1.54, 1.807) is 0 Å². The van der Waals surface area contributed by atoms with Crippen LogP contribution >= 0.6 is 0 Å². The smallest absolute Gasteiger partial charge is 0.239 e. The van der Waals surface area contributed by atoms with Crippen molar-refractivity contribution in [3.63, 3.8) is 0 Å². The Morgan fingerprint density at radius 2 is 2.00 bits per heavy atom. The topological polar surface area (TPSA) is 66.5 Å². The van der Waals surface area contributed by atoms with Crippen LogP contribution in [0.2, 0.25) is 0 Å². The van der Waals surface area contributed by atoms with Gasteiger partial charge in [0.15, 0.2) is 0 Å². The van der Waals surface area contributed by atoms with Gasteiger partial charge in [0.1, 0.15) is 6.54 Å². The zero-order valence-electron chi connectivity index (χ0n) is 7.24. The second kappa shape index (κ2) is 2.55. The maximum absolute atomic E-state index is 11.3. The van der Waals surface area contributed by atoms with Crippen molar-refractivity contribution in [3.05, 3.63) is 0 Å². The molecule has 0 radical (unpaired) electrons. The molecule has 2 atom stereocenters. The second-order valence-corrected chi connectivity index (χ2v) is 3.38. The lowest BCUT2D eigenvalue weighted by molar-refractivity contribution is -0.144. The highest BCUT2D eigenvalue weighted by Gasteiger charge is 2.58. The number of carbonyl (C=O) groups is 3. The van der Waals surface area contributed by atoms with Gasteiger partial charge < -0.3 is 5.32 Å². The average Bonchev–Trinajstić information content (AvgIpc) is 2.86. The third-order valence-corrected chi connectivity index (χ3v) is 2.54. The molecule has 70 valence electrons. The van der Waals surface area contributed by atoms with E-state index in [0.717, 1.165) is 4.90 Å². The minimum atomic E-state index is -0.303. The van der Waals surface area contributed by atoms with Gasteiger partial charge in [0.2, 0.25) is 17.7 Å². The van der Waals surface area contributed by atoms with E-state index in [-0.39, 0.29) is 36.1 Å². The molecule has 5 nitrogen and oxygen atoms in total. The van der Waals surface area contributed by atoms with Crippen LogP contribution in [0.4, 0.5) is 0 Å². The third-order valence-electron chi connectivity index (χ3n) is 2.54. The molecule has 2 unspecified atom stereocenters. The first-order valence-electron chi connectivity index (χ1n) is 4.21. The van der Waals surface area contributed by atoms with E-state index in [1.165, 1.54) is 7.05 Å². The van der Waals surface area contributed by atoms with Crippen LogP contribution in [0, 0.1) is 11.8 Å². The molecule has 13 heavy (non-hydrogen) atoms. The molecular weight excluding hydrogens is 172 g/mol. The van der Waals surface area contributed by atoms with Crippen LogP contribution in [0.25, 0.3) is 0 Å². The highest BCUT2D eigenvalue weighted by molar-refractivity contribution is 6.10. The van der Waals surface area contributed by atoms with Crippen molar-refractivity contribution in [3.8, 4) is 0 Å². The van der Waals surface area contributed by atoms with Crippen LogP contribution < -0.4 is 5.32 Å². The minimum Gasteiger partial charge on any atom is -0.358 e. The Bertz CT molecular complexity index is 280. The van der Waals surface area contributed by atoms with E-state index in [9.17, 15) is 14.4 Å². The molecule has 1 aliphatic heterocycles. The molecule has 5 heteroatoms. The maximum atomic E-state index is 11.3. The van der Waals surface area contributed by atoms with Gasteiger partial charge in [0.25, 0.3) is 0 Å². The molecule has 2 aliphatic rings. The summed E-state index contributed by atoms with van der Waals surface area (Å²) in [5.41, 5.74) is 0. The predicted octanol–water partition coefficient (Wildman–Crippen LogP) is -1.26. The Kier molecular flexibility index (Phi) is 1.61. The number of likely N-dealkylation sites (tertiary alicyclic amines) is 1. The van der Waals surface area contributed by atoms with Crippen molar-refractivity contribution >= 4 is 17.7 Å². The summed E-state index contributed by atoms with van der Waals surface area (Å²) in [6.45, 7) is -0.124. The fourth-order valence-corrected chi connectivity index (χ4v) is 1.63. The van der Waals surface area contributed by atoms with Crippen molar-refractivity contribution in [2.45, 2.75) is 6.42 Å². The number of piperidine rings is 1. The van der Waals surface area contributed by atoms with Gasteiger partial charge in [-0.25, -0.2) is 0 Å². The van der Waals surface area contributed by atoms with Crippen LogP contribution in [0.5, 0.6) is 0 Å². The molecule has 0 bridgehead atoms. The standard InChI is InChI=1S/C8H10N2O3/c1-9-6(11)3-10-7(12)4-2-5(4)8(10)13/h4-5H,2-3H2,1H3,(H,9,11). The second-order valence-electron chi connectivity index (χ2n) is 3.38. The summed E-state index contributed by atoms with van der Waals surface area (Å²) in [4.78, 5) is 34.6. The van der Waals surface area contributed by atoms with Crippen LogP contribution in [-0.2, 0) is 14.4 Å². The van der Waals surface area contributed by atoms with Gasteiger partial charge in [-0.2, -0.15) is 0 Å². The van der Waals surface area contributed by atoms with Gasteiger partial charge in [-0.15, -0.1) is 0 Å². The van der Waals surface area contributed by atoms with E-state index in [1.807, 2.05) is 0 Å². The normalized spacial score (nSPS) is 30.4. The van der Waals surface area contributed by atoms with Gasteiger partial charge in [-0.1, -0.05) is 0 Å². The quantitative estimate of drug-likeness (QED) is 0.542. The number of hydrogen-bond acceptors (Lipinski definition) is 3. The lowest BCUT2D eigenvalue weighted by atomic mass is 10.4. The number of nitrogens with one attached hydrogen (secondary N) is 1. The maximum Gasteiger partial charge on any atom is 0.239 e. The number of nitrogens with zero attached hydrogens (tertiary/aromatic N) is 1. The first-order valence-corrected chi connectivity index (χ1v) is 4.21. The zero-order chi connectivity index (χ0) is 9.59. The highest BCUT2D eigenvalue weighted by atomic mass is 16.2. The van der Waals surface area contributed by atoms with Gasteiger partial charge in [-0.05, 0) is 6.42 Å². The number of fused-ring (bicyclic) bond motifs is 1. The summed E-state index contributed by atoms with van der Waals surface area (Å²) >= 11 is 0. The first kappa shape index (κ1) is 8.22. The first-order chi connectivity index (χ1) is 6.15. The predicted molar refractivity (Wildman–Crippen MR) is 42.4 cm³/mol. The summed E-state index contributed by atoms with van der Waals surface area (Å²) in [5, 5.41) is 2.38. The number of carbonyl (C=O) groups excluding carboxylic acids is 3. The molecule has 1 heterocycles. The summed E-state index contributed by atoms with van der Waals surface area (Å²) in [5.74, 6) is -0.894. The van der Waals surface area contributed by atoms with E-state index in [2.05, 4.69) is 5.32 Å². The molecule has 1 aliphatic carbocycles. The van der Waals surface area contributed by atoms with Crippen LogP contribution in [0.1, 0.15) is 6.42 Å². The molecule has 0 spiro atoms. The molecular formula is C8H10N2O3. The number of hydrogen-bond donors (Lipinski definition) is 1. The highest BCUT2D eigenvalue weighted by Crippen LogP contribution is 2.46. The Morgan fingerprint density at radius 3 is 2.46 bits per heavy atom. The van der Waals surface area contributed by atoms with Crippen molar-refractivity contribution in [1.29, 1.82) is 0 Å². The summed E-state index contributed by atoms with van der Waals surface area (Å²) < 4.78 is 0. The van der Waals surface area contributed by atoms with E-state index in [0.29, 0.717) is 6.42 Å². The average molecular weight is 182 g/mol. The molecule has 0 aromatic rings. The Morgan fingerprint density at radius 1 is 1.46 bits per heavy atom. The Labute approximate surface area is 75.1 Å². The van der Waals surface area contributed by atoms with E-state index >= 15 is 0 Å². The van der Waals surface area contributed by atoms with Crippen molar-refractivity contribution in [2.24, 2.45) is 11.8 Å². The molecule has 3 amide bonds. The number of imide groups is 1. The zero-order valence-corrected chi connectivity index (χ0v) is 7.24. The Hall–Kier alpha value is -1.39. The number of likely N-dealkylation sites (N-methyl/N-ethyl adjacent to an activating group) is 1. The summed E-state index contributed by atoms with van der Waals surface area (Å²) in [6, 6.07) is 0. The summed E-state index contributed by atoms with van der Waals surface area (Å²) in [7, 11) is 1.48. The van der Waals surface area contributed by atoms with Gasteiger partial charge in [-0.3, -0.25) is 19.3 Å². The molecule has 1 saturated carbocycles. The molecule has 1 saturated heterocycles. The van der Waals surface area contributed by atoms with Crippen molar-refractivity contribution in [2.75, 3.05) is 13.6 Å². The van der Waals surface area contributed by atoms with Crippen molar-refractivity contribution < 1.29 is 14.4 Å². The lowest BCUT2D eigenvalue weighted by Crippen LogP contribution is -2.40. The fraction of sp³-hybridized carbons (Fsp3) is 0.625. The largest absolute Gasteiger partial charge is 0.358 e. The molecule has 0 aromatic carbocycles. The number of amides is 3. The van der Waals surface area contributed by atoms with Gasteiger partial charge >= 0.3 is 0 Å². The SMILES string of the molecule is CNC(=O)CN1C(=O)C2CC2C1=O. The molecule has 2 rings (SSSR count). The van der Waals surface area contributed by atoms with Crippen molar-refractivity contribution in [1.82, 2.24) is 10.2 Å². The molecule has 2 fully saturated rings. The third kappa shape index (κ3) is 1.11. The van der Waals surface area contributed by atoms with Crippen LogP contribution in [-0.4, -0.2) is 36.2 Å². The van der Waals surface area contributed by atoms with E-state index < -0.39 is 0 Å². The van der Waals surface area contributed by atoms with Crippen LogP contribution in [0.3, 0.4) is 0 Å². The Balaban J connectivity index is 2.04. The van der Waals surface area contributed by atoms with Gasteiger partial charge in [0, 0.05) is 7.05 Å². The number of rotatable bonds is 2. The lowest BCUT2D eigenvalue weighted by Gasteiger charge is -2.14. The molecule has 1 N–H and O–H groups in total. The monoisotopic (exact) mass is 182 g/mol. The van der Waals surface area contributed by atoms with E-state index in [4.69, 9.17) is 0 Å². The van der Waals surface area contributed by atoms with Gasteiger partial charge in [0.05, 0.1) is 11.8 Å². The minimum absolute atomic E-state index is 0.114. The fourth-order valence-electron chi connectivity index (χ4n) is 1.63. The van der Waals surface area contributed by atoms with Crippen LogP contribution in [0.15, 0.2) is 0 Å².